The van der Waals surface area contributed by atoms with Gasteiger partial charge in [0.25, 0.3) is 0 Å². The monoisotopic (exact) mass is 313 g/mol. The highest BCUT2D eigenvalue weighted by molar-refractivity contribution is 5.97. The molecule has 0 fully saturated rings. The van der Waals surface area contributed by atoms with Crippen LogP contribution in [0.1, 0.15) is 17.1 Å². The fourth-order valence-electron chi connectivity index (χ4n) is 1.84. The molecule has 1 N–H and O–H groups in total. The lowest BCUT2D eigenvalue weighted by atomic mass is 10.3. The molecule has 6 heteroatoms. The lowest BCUT2D eigenvalue weighted by molar-refractivity contribution is -0.129. The normalized spacial score (nSPS) is 10.7. The Bertz CT molecular complexity index is 717. The number of carbonyl (C=O) groups is 2. The van der Waals surface area contributed by atoms with E-state index in [-0.39, 0.29) is 18.4 Å². The van der Waals surface area contributed by atoms with Gasteiger partial charge < -0.3 is 14.6 Å². The largest absolute Gasteiger partial charge is 0.462 e. The molecular weight excluding hydrogens is 294 g/mol. The molecule has 2 aromatic rings. The summed E-state index contributed by atoms with van der Waals surface area (Å²) in [5.41, 5.74) is 1.01. The Balaban J connectivity index is 1.86. The van der Waals surface area contributed by atoms with E-state index < -0.39 is 0 Å². The molecule has 0 aliphatic rings. The van der Waals surface area contributed by atoms with Crippen molar-refractivity contribution in [3.8, 4) is 0 Å². The van der Waals surface area contributed by atoms with Gasteiger partial charge in [-0.3, -0.25) is 9.59 Å². The van der Waals surface area contributed by atoms with E-state index >= 15 is 0 Å². The van der Waals surface area contributed by atoms with Crippen LogP contribution in [0.2, 0.25) is 0 Å². The summed E-state index contributed by atoms with van der Waals surface area (Å²) in [6.07, 6.45) is 4.61. The predicted octanol–water partition coefficient (Wildman–Crippen LogP) is 2.40. The van der Waals surface area contributed by atoms with E-state index in [0.29, 0.717) is 11.6 Å². The van der Waals surface area contributed by atoms with E-state index in [4.69, 9.17) is 4.42 Å². The minimum atomic E-state index is -0.306. The number of hydrogen-bond donors (Lipinski definition) is 1. The smallest absolute Gasteiger partial charge is 0.246 e. The van der Waals surface area contributed by atoms with Crippen molar-refractivity contribution >= 4 is 23.7 Å². The number of nitrogens with one attached hydrogen (secondary N) is 1. The molecule has 2 heterocycles. The first-order chi connectivity index (χ1) is 10.9. The van der Waals surface area contributed by atoms with E-state index in [0.717, 1.165) is 11.3 Å². The number of hydrogen-bond acceptors (Lipinski definition) is 4. The molecule has 2 aromatic heterocycles. The van der Waals surface area contributed by atoms with Crippen molar-refractivity contribution < 1.29 is 14.0 Å². The summed E-state index contributed by atoms with van der Waals surface area (Å²) in [5, 5.41) is 2.65. The molecular formula is C17H19N3O3. The minimum absolute atomic E-state index is 0.0596. The Kier molecular flexibility index (Phi) is 5.30. The molecule has 0 bridgehead atoms. The topological polar surface area (TPSA) is 75.4 Å². The van der Waals surface area contributed by atoms with Gasteiger partial charge in [0.2, 0.25) is 11.8 Å². The number of anilines is 1. The number of aryl methyl sites for hydroxylation is 2. The lowest BCUT2D eigenvalue weighted by Crippen LogP contribution is -2.34. The summed E-state index contributed by atoms with van der Waals surface area (Å²) in [4.78, 5) is 29.3. The van der Waals surface area contributed by atoms with Gasteiger partial charge in [-0.05, 0) is 43.7 Å². The molecule has 0 radical (unpaired) electrons. The summed E-state index contributed by atoms with van der Waals surface area (Å²) in [7, 11) is 1.56. The van der Waals surface area contributed by atoms with Crippen molar-refractivity contribution in [2.24, 2.45) is 0 Å². The Labute approximate surface area is 134 Å². The van der Waals surface area contributed by atoms with Gasteiger partial charge in [-0.15, -0.1) is 0 Å². The summed E-state index contributed by atoms with van der Waals surface area (Å²) in [5.74, 6) is 1.24. The maximum Gasteiger partial charge on any atom is 0.246 e. The van der Waals surface area contributed by atoms with Crippen molar-refractivity contribution in [3.05, 3.63) is 53.6 Å². The third kappa shape index (κ3) is 5.10. The maximum atomic E-state index is 12.0. The number of pyridine rings is 1. The zero-order valence-electron chi connectivity index (χ0n) is 13.4. The SMILES string of the molecule is Cc1ccc(NC(=O)CN(C)C(=O)C=Cc2ccc(C)o2)nc1. The predicted molar refractivity (Wildman–Crippen MR) is 87.7 cm³/mol. The first kappa shape index (κ1) is 16.5. The first-order valence-electron chi connectivity index (χ1n) is 7.16. The van der Waals surface area contributed by atoms with Crippen LogP contribution in [0.15, 0.2) is 41.0 Å². The summed E-state index contributed by atoms with van der Waals surface area (Å²) < 4.78 is 5.34. The van der Waals surface area contributed by atoms with E-state index in [1.807, 2.05) is 26.0 Å². The number of likely N-dealkylation sites (N-methyl/N-ethyl adjacent to an activating group) is 1. The summed E-state index contributed by atoms with van der Waals surface area (Å²) >= 11 is 0. The van der Waals surface area contributed by atoms with Crippen molar-refractivity contribution in [2.75, 3.05) is 18.9 Å². The summed E-state index contributed by atoms with van der Waals surface area (Å²) in [6.45, 7) is 3.68. The van der Waals surface area contributed by atoms with Gasteiger partial charge in [0.15, 0.2) is 0 Å². The van der Waals surface area contributed by atoms with Crippen LogP contribution >= 0.6 is 0 Å². The van der Waals surface area contributed by atoms with Crippen molar-refractivity contribution in [3.63, 3.8) is 0 Å². The standard InChI is InChI=1S/C17H19N3O3/c1-12-4-8-15(18-10-12)19-16(21)11-20(3)17(22)9-7-14-6-5-13(2)23-14/h4-10H,11H2,1-3H3,(H,18,19,21). The number of carbonyl (C=O) groups excluding carboxylic acids is 2. The molecule has 0 atom stereocenters. The highest BCUT2D eigenvalue weighted by Crippen LogP contribution is 2.08. The van der Waals surface area contributed by atoms with Gasteiger partial charge in [0.05, 0.1) is 6.54 Å². The van der Waals surface area contributed by atoms with Gasteiger partial charge in [0.1, 0.15) is 17.3 Å². The van der Waals surface area contributed by atoms with Gasteiger partial charge >= 0.3 is 0 Å². The molecule has 120 valence electrons. The molecule has 6 nitrogen and oxygen atoms in total. The fourth-order valence-corrected chi connectivity index (χ4v) is 1.84. The van der Waals surface area contributed by atoms with E-state index in [1.54, 1.807) is 31.5 Å². The molecule has 0 unspecified atom stereocenters. The van der Waals surface area contributed by atoms with E-state index in [2.05, 4.69) is 10.3 Å². The van der Waals surface area contributed by atoms with Gasteiger partial charge in [-0.1, -0.05) is 6.07 Å². The molecule has 0 aromatic carbocycles. The number of rotatable bonds is 5. The Morgan fingerprint density at radius 3 is 2.65 bits per heavy atom. The Hall–Kier alpha value is -2.89. The highest BCUT2D eigenvalue weighted by Gasteiger charge is 2.11. The van der Waals surface area contributed by atoms with Crippen LogP contribution in [0.3, 0.4) is 0 Å². The van der Waals surface area contributed by atoms with Gasteiger partial charge in [-0.2, -0.15) is 0 Å². The number of nitrogens with zero attached hydrogens (tertiary/aromatic N) is 2. The average molecular weight is 313 g/mol. The van der Waals surface area contributed by atoms with Crippen LogP contribution in [-0.4, -0.2) is 35.3 Å². The molecule has 2 amide bonds. The molecule has 0 saturated heterocycles. The third-order valence-electron chi connectivity index (χ3n) is 3.09. The van der Waals surface area contributed by atoms with Crippen molar-refractivity contribution in [2.45, 2.75) is 13.8 Å². The second-order valence-electron chi connectivity index (χ2n) is 5.25. The van der Waals surface area contributed by atoms with Gasteiger partial charge in [-0.25, -0.2) is 4.98 Å². The van der Waals surface area contributed by atoms with Crippen molar-refractivity contribution in [1.29, 1.82) is 0 Å². The zero-order valence-corrected chi connectivity index (χ0v) is 13.4. The molecule has 0 spiro atoms. The molecule has 23 heavy (non-hydrogen) atoms. The van der Waals surface area contributed by atoms with Gasteiger partial charge in [0, 0.05) is 19.3 Å². The second-order valence-corrected chi connectivity index (χ2v) is 5.25. The van der Waals surface area contributed by atoms with Crippen LogP contribution in [0.25, 0.3) is 6.08 Å². The van der Waals surface area contributed by atoms with Crippen LogP contribution in [-0.2, 0) is 9.59 Å². The molecule has 0 aliphatic carbocycles. The fraction of sp³-hybridized carbons (Fsp3) is 0.235. The number of amides is 2. The van der Waals surface area contributed by atoms with Crippen LogP contribution in [0.5, 0.6) is 0 Å². The average Bonchev–Trinajstić information content (AvgIpc) is 2.92. The van der Waals surface area contributed by atoms with Crippen LogP contribution in [0, 0.1) is 13.8 Å². The Morgan fingerprint density at radius 1 is 1.26 bits per heavy atom. The number of aromatic nitrogens is 1. The zero-order chi connectivity index (χ0) is 16.8. The minimum Gasteiger partial charge on any atom is -0.462 e. The highest BCUT2D eigenvalue weighted by atomic mass is 16.3. The Morgan fingerprint density at radius 2 is 2.04 bits per heavy atom. The molecule has 2 rings (SSSR count). The van der Waals surface area contributed by atoms with Crippen LogP contribution < -0.4 is 5.32 Å². The van der Waals surface area contributed by atoms with E-state index in [9.17, 15) is 9.59 Å². The quantitative estimate of drug-likeness (QED) is 0.860. The second kappa shape index (κ2) is 7.40. The summed E-state index contributed by atoms with van der Waals surface area (Å²) in [6, 6.07) is 7.16. The lowest BCUT2D eigenvalue weighted by Gasteiger charge is -2.14. The van der Waals surface area contributed by atoms with Crippen molar-refractivity contribution in [1.82, 2.24) is 9.88 Å². The first-order valence-corrected chi connectivity index (χ1v) is 7.16. The molecule has 0 saturated carbocycles. The van der Waals surface area contributed by atoms with E-state index in [1.165, 1.54) is 11.0 Å². The molecule has 0 aliphatic heterocycles. The van der Waals surface area contributed by atoms with Crippen LogP contribution in [0.4, 0.5) is 5.82 Å². The maximum absolute atomic E-state index is 12.0. The number of furan rings is 1. The third-order valence-corrected chi connectivity index (χ3v) is 3.09.